The van der Waals surface area contributed by atoms with E-state index in [1.807, 2.05) is 0 Å². The van der Waals surface area contributed by atoms with Crippen molar-refractivity contribution in [3.05, 3.63) is 34.9 Å². The number of fused-ring (bicyclic) bond motifs is 3. The average molecular weight is 265 g/mol. The zero-order chi connectivity index (χ0) is 12.5. The summed E-state index contributed by atoms with van der Waals surface area (Å²) in [5, 5.41) is 3.82. The van der Waals surface area contributed by atoms with Crippen LogP contribution >= 0.6 is 11.6 Å². The molecule has 4 rings (SSSR count). The van der Waals surface area contributed by atoms with E-state index < -0.39 is 0 Å². The SMILES string of the molecule is O=C(NC1CN2CCC1CC2)c1ccc(Cl)cc1. The van der Waals surface area contributed by atoms with Crippen LogP contribution < -0.4 is 5.32 Å². The van der Waals surface area contributed by atoms with E-state index in [0.717, 1.165) is 6.54 Å². The van der Waals surface area contributed by atoms with E-state index >= 15 is 0 Å². The van der Waals surface area contributed by atoms with Crippen LogP contribution in [0.3, 0.4) is 0 Å². The molecule has 0 spiro atoms. The highest BCUT2D eigenvalue weighted by Gasteiger charge is 2.34. The minimum Gasteiger partial charge on any atom is -0.348 e. The van der Waals surface area contributed by atoms with E-state index in [0.29, 0.717) is 22.5 Å². The van der Waals surface area contributed by atoms with Gasteiger partial charge in [0.15, 0.2) is 0 Å². The molecule has 1 aromatic carbocycles. The zero-order valence-corrected chi connectivity index (χ0v) is 11.0. The maximum absolute atomic E-state index is 12.1. The normalized spacial score (nSPS) is 30.2. The first-order valence-corrected chi connectivity index (χ1v) is 6.89. The maximum atomic E-state index is 12.1. The molecule has 18 heavy (non-hydrogen) atoms. The summed E-state index contributed by atoms with van der Waals surface area (Å²) >= 11 is 5.82. The van der Waals surface area contributed by atoms with Gasteiger partial charge in [-0.25, -0.2) is 0 Å². The van der Waals surface area contributed by atoms with E-state index in [1.54, 1.807) is 24.3 Å². The number of hydrogen-bond acceptors (Lipinski definition) is 2. The van der Waals surface area contributed by atoms with Gasteiger partial charge >= 0.3 is 0 Å². The summed E-state index contributed by atoms with van der Waals surface area (Å²) in [5.74, 6) is 0.677. The number of amides is 1. The molecule has 3 aliphatic rings. The lowest BCUT2D eigenvalue weighted by atomic mass is 9.84. The number of rotatable bonds is 2. The lowest BCUT2D eigenvalue weighted by Gasteiger charge is -2.44. The van der Waals surface area contributed by atoms with Crippen molar-refractivity contribution in [2.24, 2.45) is 5.92 Å². The summed E-state index contributed by atoms with van der Waals surface area (Å²) < 4.78 is 0. The molecule has 96 valence electrons. The van der Waals surface area contributed by atoms with E-state index in [2.05, 4.69) is 10.2 Å². The maximum Gasteiger partial charge on any atom is 0.251 e. The van der Waals surface area contributed by atoms with E-state index in [1.165, 1.54) is 25.9 Å². The summed E-state index contributed by atoms with van der Waals surface area (Å²) in [6, 6.07) is 7.38. The molecule has 1 atom stereocenters. The van der Waals surface area contributed by atoms with E-state index in [4.69, 9.17) is 11.6 Å². The van der Waals surface area contributed by atoms with Gasteiger partial charge in [-0.3, -0.25) is 4.79 Å². The Morgan fingerprint density at radius 2 is 1.89 bits per heavy atom. The van der Waals surface area contributed by atoms with Crippen molar-refractivity contribution in [1.29, 1.82) is 0 Å². The van der Waals surface area contributed by atoms with Crippen LogP contribution in [0.4, 0.5) is 0 Å². The van der Waals surface area contributed by atoms with E-state index in [-0.39, 0.29) is 5.91 Å². The Bertz CT molecular complexity index is 438. The van der Waals surface area contributed by atoms with Gasteiger partial charge in [-0.2, -0.15) is 0 Å². The van der Waals surface area contributed by atoms with Crippen LogP contribution in [-0.4, -0.2) is 36.5 Å². The Morgan fingerprint density at radius 3 is 2.44 bits per heavy atom. The summed E-state index contributed by atoms with van der Waals surface area (Å²) in [6.07, 6.45) is 2.43. The topological polar surface area (TPSA) is 32.3 Å². The number of nitrogens with one attached hydrogen (secondary N) is 1. The number of halogens is 1. The quantitative estimate of drug-likeness (QED) is 0.888. The minimum atomic E-state index is 0.0189. The van der Waals surface area contributed by atoms with Crippen LogP contribution in [0, 0.1) is 5.92 Å². The van der Waals surface area contributed by atoms with Gasteiger partial charge in [-0.05, 0) is 56.1 Å². The standard InChI is InChI=1S/C14H17ClN2O/c15-12-3-1-11(2-4-12)14(18)16-13-9-17-7-5-10(13)6-8-17/h1-4,10,13H,5-9H2,(H,16,18). The molecular weight excluding hydrogens is 248 g/mol. The number of carbonyl (C=O) groups is 1. The van der Waals surface area contributed by atoms with Gasteiger partial charge in [0.25, 0.3) is 5.91 Å². The number of nitrogens with zero attached hydrogens (tertiary/aromatic N) is 1. The van der Waals surface area contributed by atoms with Crippen molar-refractivity contribution < 1.29 is 4.79 Å². The van der Waals surface area contributed by atoms with Crippen LogP contribution in [-0.2, 0) is 0 Å². The molecule has 3 heterocycles. The summed E-state index contributed by atoms with van der Waals surface area (Å²) in [6.45, 7) is 3.39. The molecule has 0 aliphatic carbocycles. The van der Waals surface area contributed by atoms with Crippen molar-refractivity contribution in [2.75, 3.05) is 19.6 Å². The molecule has 1 unspecified atom stereocenters. The molecule has 1 amide bonds. The highest BCUT2D eigenvalue weighted by atomic mass is 35.5. The Labute approximate surface area is 112 Å². The van der Waals surface area contributed by atoms with Gasteiger partial charge in [0.1, 0.15) is 0 Å². The number of piperidine rings is 3. The smallest absolute Gasteiger partial charge is 0.251 e. The highest BCUT2D eigenvalue weighted by Crippen LogP contribution is 2.27. The lowest BCUT2D eigenvalue weighted by Crippen LogP contribution is -2.57. The Kier molecular flexibility index (Phi) is 3.27. The molecule has 2 bridgehead atoms. The molecule has 3 fully saturated rings. The van der Waals surface area contributed by atoms with Gasteiger partial charge < -0.3 is 10.2 Å². The van der Waals surface area contributed by atoms with Crippen molar-refractivity contribution in [3.8, 4) is 0 Å². The Morgan fingerprint density at radius 1 is 1.22 bits per heavy atom. The van der Waals surface area contributed by atoms with Gasteiger partial charge in [-0.15, -0.1) is 0 Å². The summed E-state index contributed by atoms with van der Waals surface area (Å²) in [7, 11) is 0. The Balaban J connectivity index is 1.66. The van der Waals surface area contributed by atoms with Crippen LogP contribution in [0.1, 0.15) is 23.2 Å². The van der Waals surface area contributed by atoms with Crippen LogP contribution in [0.15, 0.2) is 24.3 Å². The third kappa shape index (κ3) is 2.38. The minimum absolute atomic E-state index is 0.0189. The lowest BCUT2D eigenvalue weighted by molar-refractivity contribution is 0.0620. The highest BCUT2D eigenvalue weighted by molar-refractivity contribution is 6.30. The van der Waals surface area contributed by atoms with Crippen LogP contribution in [0.2, 0.25) is 5.02 Å². The molecule has 4 heteroatoms. The largest absolute Gasteiger partial charge is 0.348 e. The fraction of sp³-hybridized carbons (Fsp3) is 0.500. The summed E-state index contributed by atoms with van der Waals surface area (Å²) in [4.78, 5) is 14.6. The van der Waals surface area contributed by atoms with Gasteiger partial charge in [0, 0.05) is 23.2 Å². The Hall–Kier alpha value is -1.06. The van der Waals surface area contributed by atoms with E-state index in [9.17, 15) is 4.79 Å². The molecule has 0 saturated carbocycles. The second-order valence-electron chi connectivity index (χ2n) is 5.22. The number of hydrogen-bond donors (Lipinski definition) is 1. The van der Waals surface area contributed by atoms with Crippen molar-refractivity contribution in [2.45, 2.75) is 18.9 Å². The molecule has 0 aromatic heterocycles. The van der Waals surface area contributed by atoms with Gasteiger partial charge in [-0.1, -0.05) is 11.6 Å². The fourth-order valence-electron chi connectivity index (χ4n) is 2.98. The van der Waals surface area contributed by atoms with Gasteiger partial charge in [0.05, 0.1) is 0 Å². The first-order chi connectivity index (χ1) is 8.72. The predicted molar refractivity (Wildman–Crippen MR) is 71.9 cm³/mol. The molecule has 0 radical (unpaired) electrons. The molecule has 3 aliphatic heterocycles. The van der Waals surface area contributed by atoms with Crippen molar-refractivity contribution >= 4 is 17.5 Å². The molecular formula is C14H17ClN2O. The third-order valence-corrected chi connectivity index (χ3v) is 4.33. The predicted octanol–water partition coefficient (Wildman–Crippen LogP) is 2.16. The zero-order valence-electron chi connectivity index (χ0n) is 10.2. The molecule has 1 aromatic rings. The van der Waals surface area contributed by atoms with Gasteiger partial charge in [0.2, 0.25) is 0 Å². The number of carbonyl (C=O) groups excluding carboxylic acids is 1. The second kappa shape index (κ2) is 4.90. The molecule has 1 N–H and O–H groups in total. The fourth-order valence-corrected chi connectivity index (χ4v) is 3.11. The number of benzene rings is 1. The first kappa shape index (κ1) is 12.0. The molecule has 3 nitrogen and oxygen atoms in total. The van der Waals surface area contributed by atoms with Crippen LogP contribution in [0.5, 0.6) is 0 Å². The van der Waals surface area contributed by atoms with Crippen molar-refractivity contribution in [1.82, 2.24) is 10.2 Å². The average Bonchev–Trinajstić information content (AvgIpc) is 2.41. The van der Waals surface area contributed by atoms with Crippen LogP contribution in [0.25, 0.3) is 0 Å². The summed E-state index contributed by atoms with van der Waals surface area (Å²) in [5.41, 5.74) is 0.691. The molecule has 3 saturated heterocycles. The second-order valence-corrected chi connectivity index (χ2v) is 5.66. The third-order valence-electron chi connectivity index (χ3n) is 4.08. The van der Waals surface area contributed by atoms with Crippen molar-refractivity contribution in [3.63, 3.8) is 0 Å². The first-order valence-electron chi connectivity index (χ1n) is 6.51. The monoisotopic (exact) mass is 264 g/mol.